The zero-order chi connectivity index (χ0) is 11.0. The Kier molecular flexibility index (Phi) is 2.91. The molecule has 0 aliphatic carbocycles. The summed E-state index contributed by atoms with van der Waals surface area (Å²) in [5.41, 5.74) is 3.07. The van der Waals surface area contributed by atoms with Crippen LogP contribution in [0.5, 0.6) is 0 Å². The van der Waals surface area contributed by atoms with Crippen molar-refractivity contribution in [3.8, 4) is 0 Å². The van der Waals surface area contributed by atoms with Gasteiger partial charge in [0.2, 0.25) is 0 Å². The van der Waals surface area contributed by atoms with E-state index in [4.69, 9.17) is 0 Å². The van der Waals surface area contributed by atoms with Crippen LogP contribution in [-0.2, 0) is 13.1 Å². The van der Waals surface area contributed by atoms with Gasteiger partial charge >= 0.3 is 0 Å². The van der Waals surface area contributed by atoms with Crippen LogP contribution in [0.4, 0.5) is 0 Å². The molecule has 3 heterocycles. The molecule has 0 unspecified atom stereocenters. The Labute approximate surface area is 104 Å². The summed E-state index contributed by atoms with van der Waals surface area (Å²) in [6.45, 7) is 5.12. The summed E-state index contributed by atoms with van der Waals surface area (Å²) in [6.07, 6.45) is 2.16. The average Bonchev–Trinajstić information content (AvgIpc) is 2.94. The molecular weight excluding hydrogens is 238 g/mol. The van der Waals surface area contributed by atoms with Crippen molar-refractivity contribution in [3.63, 3.8) is 0 Å². The van der Waals surface area contributed by atoms with Gasteiger partial charge in [-0.15, -0.1) is 23.1 Å². The van der Waals surface area contributed by atoms with Crippen LogP contribution in [0.2, 0.25) is 0 Å². The molecular formula is C11H15N3S2. The highest BCUT2D eigenvalue weighted by Gasteiger charge is 2.24. The Hall–Kier alpha value is -0.520. The number of fused-ring (bicyclic) bond motifs is 1. The molecule has 3 rings (SSSR count). The molecule has 5 heteroatoms. The van der Waals surface area contributed by atoms with Crippen LogP contribution in [0.15, 0.2) is 14.6 Å². The van der Waals surface area contributed by atoms with E-state index < -0.39 is 0 Å². The smallest absolute Gasteiger partial charge is 0.111 e. The number of thiophene rings is 1. The van der Waals surface area contributed by atoms with Gasteiger partial charge in [0.1, 0.15) is 5.84 Å². The van der Waals surface area contributed by atoms with Crippen molar-refractivity contribution in [2.45, 2.75) is 17.3 Å². The molecule has 0 saturated heterocycles. The Morgan fingerprint density at radius 3 is 3.25 bits per heavy atom. The van der Waals surface area contributed by atoms with Crippen LogP contribution >= 0.6 is 23.1 Å². The van der Waals surface area contributed by atoms with E-state index >= 15 is 0 Å². The summed E-state index contributed by atoms with van der Waals surface area (Å²) in [6, 6.07) is 0. The quantitative estimate of drug-likeness (QED) is 0.832. The number of amidine groups is 1. The van der Waals surface area contributed by atoms with Gasteiger partial charge in [0.15, 0.2) is 0 Å². The van der Waals surface area contributed by atoms with Crippen LogP contribution in [0, 0.1) is 0 Å². The molecule has 0 radical (unpaired) electrons. The van der Waals surface area contributed by atoms with Gasteiger partial charge in [-0.25, -0.2) is 0 Å². The summed E-state index contributed by atoms with van der Waals surface area (Å²) in [7, 11) is 0. The van der Waals surface area contributed by atoms with Crippen molar-refractivity contribution < 1.29 is 0 Å². The number of thioether (sulfide) groups is 1. The topological polar surface area (TPSA) is 27.6 Å². The van der Waals surface area contributed by atoms with Crippen molar-refractivity contribution >= 4 is 28.9 Å². The molecule has 0 fully saturated rings. The molecule has 3 nitrogen and oxygen atoms in total. The highest BCUT2D eigenvalue weighted by Crippen LogP contribution is 2.36. The van der Waals surface area contributed by atoms with E-state index in [0.29, 0.717) is 0 Å². The molecule has 1 N–H and O–H groups in total. The van der Waals surface area contributed by atoms with Gasteiger partial charge in [-0.05, 0) is 22.8 Å². The maximum Gasteiger partial charge on any atom is 0.111 e. The number of nitrogens with zero attached hydrogens (tertiary/aromatic N) is 2. The minimum absolute atomic E-state index is 0.945. The first-order valence-corrected chi connectivity index (χ1v) is 7.60. The van der Waals surface area contributed by atoms with Gasteiger partial charge in [-0.2, -0.15) is 0 Å². The van der Waals surface area contributed by atoms with Gasteiger partial charge in [0, 0.05) is 19.6 Å². The van der Waals surface area contributed by atoms with E-state index in [1.54, 1.807) is 5.56 Å². The van der Waals surface area contributed by atoms with E-state index in [1.165, 1.54) is 15.6 Å². The van der Waals surface area contributed by atoms with Gasteiger partial charge in [0.25, 0.3) is 0 Å². The summed E-state index contributed by atoms with van der Waals surface area (Å²) < 4.78 is 1.49. The van der Waals surface area contributed by atoms with Crippen LogP contribution < -0.4 is 5.32 Å². The number of hydrogen-bond acceptors (Lipinski definition) is 5. The van der Waals surface area contributed by atoms with Crippen molar-refractivity contribution in [1.82, 2.24) is 10.2 Å². The Morgan fingerprint density at radius 1 is 1.56 bits per heavy atom. The molecule has 0 spiro atoms. The predicted molar refractivity (Wildman–Crippen MR) is 70.5 cm³/mol. The zero-order valence-electron chi connectivity index (χ0n) is 9.32. The molecule has 1 aromatic rings. The van der Waals surface area contributed by atoms with Gasteiger partial charge in [-0.1, -0.05) is 0 Å². The Bertz CT molecular complexity index is 425. The third kappa shape index (κ3) is 1.87. The predicted octanol–water partition coefficient (Wildman–Crippen LogP) is 1.79. The lowest BCUT2D eigenvalue weighted by molar-refractivity contribution is 0.323. The van der Waals surface area contributed by atoms with Crippen molar-refractivity contribution in [3.05, 3.63) is 16.5 Å². The second kappa shape index (κ2) is 4.39. The minimum Gasteiger partial charge on any atom is -0.371 e. The second-order valence-corrected chi connectivity index (χ2v) is 6.09. The lowest BCUT2D eigenvalue weighted by atomic mass is 10.2. The van der Waals surface area contributed by atoms with Crippen LogP contribution in [-0.4, -0.2) is 36.6 Å². The normalized spacial score (nSPS) is 19.7. The molecule has 0 saturated carbocycles. The lowest BCUT2D eigenvalue weighted by Crippen LogP contribution is -2.32. The molecule has 0 atom stereocenters. The Balaban J connectivity index is 1.68. The first-order valence-electron chi connectivity index (χ1n) is 5.49. The average molecular weight is 253 g/mol. The number of hydrogen-bond donors (Lipinski definition) is 1. The zero-order valence-corrected chi connectivity index (χ0v) is 11.0. The number of aliphatic imine (C=N–C) groups is 1. The molecule has 0 bridgehead atoms. The number of rotatable bonds is 3. The molecule has 2 aliphatic heterocycles. The van der Waals surface area contributed by atoms with Crippen molar-refractivity contribution in [2.24, 2.45) is 4.99 Å². The van der Waals surface area contributed by atoms with Gasteiger partial charge < -0.3 is 5.32 Å². The summed E-state index contributed by atoms with van der Waals surface area (Å²) in [5.74, 6) is 1.17. The molecule has 2 aliphatic rings. The highest BCUT2D eigenvalue weighted by atomic mass is 32.2. The van der Waals surface area contributed by atoms with Crippen molar-refractivity contribution in [1.29, 1.82) is 0 Å². The first kappa shape index (κ1) is 10.6. The van der Waals surface area contributed by atoms with Crippen LogP contribution in [0.25, 0.3) is 0 Å². The fourth-order valence-corrected chi connectivity index (χ4v) is 4.04. The molecule has 1 aromatic heterocycles. The van der Waals surface area contributed by atoms with E-state index in [2.05, 4.69) is 26.8 Å². The summed E-state index contributed by atoms with van der Waals surface area (Å²) >= 11 is 3.76. The third-order valence-corrected chi connectivity index (χ3v) is 5.29. The minimum atomic E-state index is 0.945. The molecule has 0 aromatic carbocycles. The van der Waals surface area contributed by atoms with E-state index in [1.807, 2.05) is 23.1 Å². The van der Waals surface area contributed by atoms with Crippen LogP contribution in [0.1, 0.15) is 11.1 Å². The molecule has 0 amide bonds. The van der Waals surface area contributed by atoms with Gasteiger partial charge in [-0.3, -0.25) is 9.89 Å². The number of nitrogens with one attached hydrogen (secondary N) is 1. The standard InChI is InChI=1S/C11H15N3S2/c1-15-11-9-5-14(4-8(9)7-16-11)6-10-12-2-3-13-10/h7H,2-6H2,1H3,(H,12,13). The molecule has 86 valence electrons. The molecule has 16 heavy (non-hydrogen) atoms. The van der Waals surface area contributed by atoms with E-state index in [0.717, 1.165) is 32.7 Å². The van der Waals surface area contributed by atoms with Crippen LogP contribution in [0.3, 0.4) is 0 Å². The van der Waals surface area contributed by atoms with Gasteiger partial charge in [0.05, 0.1) is 17.3 Å². The highest BCUT2D eigenvalue weighted by molar-refractivity contribution is 8.00. The fraction of sp³-hybridized carbons (Fsp3) is 0.545. The monoisotopic (exact) mass is 253 g/mol. The SMILES string of the molecule is CSc1scc2c1CN(CC1=NCCN1)C2. The largest absolute Gasteiger partial charge is 0.371 e. The fourth-order valence-electron chi connectivity index (χ4n) is 2.26. The lowest BCUT2D eigenvalue weighted by Gasteiger charge is -2.15. The maximum atomic E-state index is 4.45. The van der Waals surface area contributed by atoms with E-state index in [9.17, 15) is 0 Å². The Morgan fingerprint density at radius 2 is 2.50 bits per heavy atom. The van der Waals surface area contributed by atoms with E-state index in [-0.39, 0.29) is 0 Å². The summed E-state index contributed by atoms with van der Waals surface area (Å²) in [4.78, 5) is 6.92. The third-order valence-electron chi connectivity index (χ3n) is 3.02. The second-order valence-electron chi connectivity index (χ2n) is 4.13. The maximum absolute atomic E-state index is 4.45. The van der Waals surface area contributed by atoms with Crippen molar-refractivity contribution in [2.75, 3.05) is 25.9 Å². The first-order chi connectivity index (χ1) is 7.86. The summed E-state index contributed by atoms with van der Waals surface area (Å²) in [5, 5.41) is 5.65.